The van der Waals surface area contributed by atoms with Crippen molar-refractivity contribution >= 4 is 11.9 Å². The molecule has 9 nitrogen and oxygen atoms in total. The van der Waals surface area contributed by atoms with Crippen molar-refractivity contribution in [1.82, 2.24) is 21.0 Å². The highest BCUT2D eigenvalue weighted by atomic mass is 16.4. The van der Waals surface area contributed by atoms with Gasteiger partial charge in [-0.2, -0.15) is 0 Å². The van der Waals surface area contributed by atoms with Crippen LogP contribution >= 0.6 is 0 Å². The summed E-state index contributed by atoms with van der Waals surface area (Å²) in [5, 5.41) is 20.4. The molecule has 0 bridgehead atoms. The van der Waals surface area contributed by atoms with Gasteiger partial charge < -0.3 is 26.7 Å². The highest BCUT2D eigenvalue weighted by molar-refractivity contribution is 5.85. The Balaban J connectivity index is 0.000000295. The minimum Gasteiger partial charge on any atom is -0.480 e. The quantitative estimate of drug-likeness (QED) is 0.543. The predicted molar refractivity (Wildman–Crippen MR) is 91.4 cm³/mol. The monoisotopic (exact) mass is 349 g/mol. The number of hydrogen-bond acceptors (Lipinski definition) is 6. The lowest BCUT2D eigenvalue weighted by atomic mass is 10.2. The predicted octanol–water partition coefficient (Wildman–Crippen LogP) is 0.835. The van der Waals surface area contributed by atoms with Crippen molar-refractivity contribution in [3.8, 4) is 0 Å². The Bertz CT molecular complexity index is 676. The van der Waals surface area contributed by atoms with Crippen LogP contribution in [0.15, 0.2) is 36.5 Å². The van der Waals surface area contributed by atoms with E-state index in [1.54, 1.807) is 4.57 Å². The van der Waals surface area contributed by atoms with Gasteiger partial charge in [0.25, 0.3) is 0 Å². The van der Waals surface area contributed by atoms with E-state index >= 15 is 0 Å². The average Bonchev–Trinajstić information content (AvgIpc) is 2.89. The molecule has 1 aromatic carbocycles. The molecule has 9 heteroatoms. The van der Waals surface area contributed by atoms with E-state index in [-0.39, 0.29) is 18.4 Å². The summed E-state index contributed by atoms with van der Waals surface area (Å²) in [6, 6.07) is 9.39. The molecule has 1 aromatic heterocycles. The zero-order chi connectivity index (χ0) is 17.5. The molecule has 1 atom stereocenters. The summed E-state index contributed by atoms with van der Waals surface area (Å²) in [6.07, 6.45) is 1.85. The van der Waals surface area contributed by atoms with E-state index in [0.717, 1.165) is 0 Å². The highest BCUT2D eigenvalue weighted by Gasteiger charge is 2.23. The summed E-state index contributed by atoms with van der Waals surface area (Å²) < 4.78 is 1.68. The summed E-state index contributed by atoms with van der Waals surface area (Å²) in [5.41, 5.74) is 6.53. The highest BCUT2D eigenvalue weighted by Crippen LogP contribution is 2.10. The summed E-state index contributed by atoms with van der Waals surface area (Å²) in [5.74, 6) is -1.42. The van der Waals surface area contributed by atoms with Crippen LogP contribution in [0.4, 0.5) is 0 Å². The number of carbonyl (C=O) groups is 2. The van der Waals surface area contributed by atoms with Crippen molar-refractivity contribution in [1.29, 1.82) is 0 Å². The molecular weight excluding hydrogens is 326 g/mol. The zero-order valence-corrected chi connectivity index (χ0v) is 13.8. The molecule has 0 saturated heterocycles. The summed E-state index contributed by atoms with van der Waals surface area (Å²) in [7, 11) is 0. The molecule has 0 amide bonds. The van der Waals surface area contributed by atoms with Crippen LogP contribution in [-0.2, 0) is 24.4 Å². The minimum absolute atomic E-state index is 0. The zero-order valence-electron chi connectivity index (χ0n) is 13.8. The lowest BCUT2D eigenvalue weighted by Crippen LogP contribution is -2.35. The molecule has 0 saturated carbocycles. The number of nitrogens with two attached hydrogens (primary N) is 1. The number of aryl methyl sites for hydroxylation is 1. The van der Waals surface area contributed by atoms with Crippen LogP contribution in [0.2, 0.25) is 0 Å². The number of hydrogen-bond donors (Lipinski definition) is 5. The third-order valence-corrected chi connectivity index (χ3v) is 3.62. The number of carboxylic acids is 2. The lowest BCUT2D eigenvalue weighted by molar-refractivity contribution is -0.139. The van der Waals surface area contributed by atoms with Gasteiger partial charge in [-0.1, -0.05) is 30.3 Å². The number of rotatable bonds is 3. The van der Waals surface area contributed by atoms with E-state index in [1.807, 2.05) is 30.3 Å². The van der Waals surface area contributed by atoms with Crippen molar-refractivity contribution < 1.29 is 19.8 Å². The molecular formula is C16H23N5O4. The van der Waals surface area contributed by atoms with Crippen molar-refractivity contribution in [2.24, 2.45) is 5.73 Å². The Morgan fingerprint density at radius 2 is 1.96 bits per heavy atom. The van der Waals surface area contributed by atoms with Crippen molar-refractivity contribution in [3.05, 3.63) is 53.6 Å². The van der Waals surface area contributed by atoms with E-state index in [0.29, 0.717) is 25.3 Å². The maximum atomic E-state index is 10.8. The van der Waals surface area contributed by atoms with Crippen molar-refractivity contribution in [2.45, 2.75) is 32.1 Å². The van der Waals surface area contributed by atoms with Gasteiger partial charge in [-0.3, -0.25) is 10.1 Å². The Morgan fingerprint density at radius 3 is 2.48 bits per heavy atom. The molecule has 25 heavy (non-hydrogen) atoms. The minimum atomic E-state index is -1.07. The lowest BCUT2D eigenvalue weighted by Gasteiger charge is -2.08. The normalized spacial score (nSPS) is 15.6. The van der Waals surface area contributed by atoms with Crippen molar-refractivity contribution in [3.63, 3.8) is 0 Å². The molecule has 0 radical (unpaired) electrons. The van der Waals surface area contributed by atoms with Crippen molar-refractivity contribution in [2.75, 3.05) is 0 Å². The molecule has 8 N–H and O–H groups in total. The first-order valence-electron chi connectivity index (χ1n) is 7.50. The SMILES string of the molecule is N.NCc1ccccc1.O=C(O)c1cn2c(n1)CNC(C(=O)O)CC2. The second kappa shape index (κ2) is 9.52. The number of aliphatic carboxylic acids is 1. The van der Waals surface area contributed by atoms with Gasteiger partial charge in [0, 0.05) is 19.3 Å². The van der Waals surface area contributed by atoms with Gasteiger partial charge in [0.1, 0.15) is 11.9 Å². The number of fused-ring (bicyclic) bond motifs is 1. The number of aromatic nitrogens is 2. The van der Waals surface area contributed by atoms with Gasteiger partial charge in [-0.15, -0.1) is 0 Å². The van der Waals surface area contributed by atoms with Crippen LogP contribution < -0.4 is 17.2 Å². The fourth-order valence-corrected chi connectivity index (χ4v) is 2.30. The standard InChI is InChI=1S/C9H11N3O4.C7H9N.H3N/c13-8(14)5-1-2-12-4-6(9(15)16)11-7(12)3-10-5;8-6-7-4-2-1-3-5-7;/h4-5,10H,1-3H2,(H,13,14)(H,15,16);1-5H,6,8H2;1H3. The molecule has 2 heterocycles. The topological polar surface area (TPSA) is 165 Å². The maximum absolute atomic E-state index is 10.8. The summed E-state index contributed by atoms with van der Waals surface area (Å²) in [4.78, 5) is 25.4. The van der Waals surface area contributed by atoms with Gasteiger partial charge in [-0.05, 0) is 12.0 Å². The molecule has 1 aliphatic rings. The maximum Gasteiger partial charge on any atom is 0.356 e. The van der Waals surface area contributed by atoms with E-state index in [4.69, 9.17) is 15.9 Å². The first-order chi connectivity index (χ1) is 11.5. The molecule has 136 valence electrons. The van der Waals surface area contributed by atoms with E-state index < -0.39 is 18.0 Å². The van der Waals surface area contributed by atoms with Gasteiger partial charge in [0.15, 0.2) is 5.69 Å². The molecule has 0 aliphatic carbocycles. The number of benzene rings is 1. The molecule has 1 unspecified atom stereocenters. The van der Waals surface area contributed by atoms with Crippen LogP contribution in [0.1, 0.15) is 28.3 Å². The van der Waals surface area contributed by atoms with Crippen LogP contribution in [0.5, 0.6) is 0 Å². The van der Waals surface area contributed by atoms with Crippen LogP contribution in [0, 0.1) is 0 Å². The van der Waals surface area contributed by atoms with E-state index in [2.05, 4.69) is 10.3 Å². The number of nitrogens with zero attached hydrogens (tertiary/aromatic N) is 2. The first kappa shape index (κ1) is 20.3. The smallest absolute Gasteiger partial charge is 0.356 e. The summed E-state index contributed by atoms with van der Waals surface area (Å²) in [6.45, 7) is 1.37. The second-order valence-electron chi connectivity index (χ2n) is 5.29. The third kappa shape index (κ3) is 5.68. The molecule has 1 aliphatic heterocycles. The van der Waals surface area contributed by atoms with Gasteiger partial charge in [0.2, 0.25) is 0 Å². The molecule has 2 aromatic rings. The largest absolute Gasteiger partial charge is 0.480 e. The first-order valence-corrected chi connectivity index (χ1v) is 7.50. The number of aromatic carboxylic acids is 1. The second-order valence-corrected chi connectivity index (χ2v) is 5.29. The van der Waals surface area contributed by atoms with Crippen LogP contribution in [-0.4, -0.2) is 37.7 Å². The van der Waals surface area contributed by atoms with E-state index in [9.17, 15) is 9.59 Å². The average molecular weight is 349 g/mol. The van der Waals surface area contributed by atoms with Crippen LogP contribution in [0.3, 0.4) is 0 Å². The van der Waals surface area contributed by atoms with Gasteiger partial charge in [-0.25, -0.2) is 9.78 Å². The van der Waals surface area contributed by atoms with Gasteiger partial charge in [0.05, 0.1) is 6.54 Å². The van der Waals surface area contributed by atoms with Gasteiger partial charge >= 0.3 is 11.9 Å². The Hall–Kier alpha value is -2.75. The summed E-state index contributed by atoms with van der Waals surface area (Å²) >= 11 is 0. The molecule has 0 fully saturated rings. The number of carboxylic acid groups (broad SMARTS) is 2. The number of imidazole rings is 1. The molecule has 3 rings (SSSR count). The van der Waals surface area contributed by atoms with Crippen LogP contribution in [0.25, 0.3) is 0 Å². The van der Waals surface area contributed by atoms with E-state index in [1.165, 1.54) is 11.8 Å². The Kier molecular flexibility index (Phi) is 7.73. The Morgan fingerprint density at radius 1 is 1.28 bits per heavy atom. The fourth-order valence-electron chi connectivity index (χ4n) is 2.30. The fraction of sp³-hybridized carbons (Fsp3) is 0.312. The third-order valence-electron chi connectivity index (χ3n) is 3.62. The molecule has 0 spiro atoms. The number of nitrogens with one attached hydrogen (secondary N) is 1. The Labute approximate surface area is 145 Å².